The van der Waals surface area contributed by atoms with Gasteiger partial charge < -0.3 is 15.2 Å². The van der Waals surface area contributed by atoms with E-state index in [9.17, 15) is 19.5 Å². The maximum atomic E-state index is 12.4. The highest BCUT2D eigenvalue weighted by Crippen LogP contribution is 2.30. The summed E-state index contributed by atoms with van der Waals surface area (Å²) in [5.74, 6) is -0.632. The molecule has 3 N–H and O–H groups in total. The Morgan fingerprint density at radius 2 is 2.17 bits per heavy atom. The highest BCUT2D eigenvalue weighted by Gasteiger charge is 2.45. The molecule has 2 atom stereocenters. The quantitative estimate of drug-likeness (QED) is 0.628. The Morgan fingerprint density at radius 3 is 2.75 bits per heavy atom. The summed E-state index contributed by atoms with van der Waals surface area (Å²) in [6, 6.07) is -0.493. The fourth-order valence-electron chi connectivity index (χ4n) is 3.15. The van der Waals surface area contributed by atoms with Crippen LogP contribution in [0.25, 0.3) is 0 Å². The summed E-state index contributed by atoms with van der Waals surface area (Å²) in [7, 11) is 0. The van der Waals surface area contributed by atoms with E-state index in [1.807, 2.05) is 0 Å². The van der Waals surface area contributed by atoms with Crippen molar-refractivity contribution in [2.24, 2.45) is 0 Å². The van der Waals surface area contributed by atoms with E-state index in [1.165, 1.54) is 0 Å². The second-order valence-electron chi connectivity index (χ2n) is 7.50. The number of nitrogens with one attached hydrogen (secondary N) is 2. The number of imide groups is 1. The van der Waals surface area contributed by atoms with Gasteiger partial charge in [0.15, 0.2) is 0 Å². The maximum Gasteiger partial charge on any atom is 0.410 e. The first-order valence-corrected chi connectivity index (χ1v) is 8.35. The number of piperidine rings is 1. The highest BCUT2D eigenvalue weighted by atomic mass is 16.6. The first-order chi connectivity index (χ1) is 11.2. The van der Waals surface area contributed by atoms with E-state index < -0.39 is 23.3 Å². The molecule has 3 amide bonds. The minimum atomic E-state index is -0.788. The number of aliphatic hydroxyl groups excluding tert-OH is 1. The molecule has 136 valence electrons. The van der Waals surface area contributed by atoms with Crippen LogP contribution in [-0.4, -0.2) is 64.8 Å². The van der Waals surface area contributed by atoms with Gasteiger partial charge in [0.25, 0.3) is 0 Å². The maximum absolute atomic E-state index is 12.4. The Labute approximate surface area is 141 Å². The summed E-state index contributed by atoms with van der Waals surface area (Å²) in [4.78, 5) is 37.0. The van der Waals surface area contributed by atoms with Gasteiger partial charge in [-0.1, -0.05) is 0 Å². The Balaban J connectivity index is 2.02. The molecule has 2 rings (SSSR count). The van der Waals surface area contributed by atoms with Crippen molar-refractivity contribution in [3.63, 3.8) is 0 Å². The monoisotopic (exact) mass is 341 g/mol. The normalized spacial score (nSPS) is 28.0. The number of carbonyl (C=O) groups excluding carboxylic acids is 3. The third-order valence-corrected chi connectivity index (χ3v) is 4.42. The van der Waals surface area contributed by atoms with Gasteiger partial charge in [-0.3, -0.25) is 19.8 Å². The predicted octanol–water partition coefficient (Wildman–Crippen LogP) is 0.143. The van der Waals surface area contributed by atoms with Crippen LogP contribution in [-0.2, 0) is 14.3 Å². The van der Waals surface area contributed by atoms with Gasteiger partial charge in [-0.05, 0) is 40.0 Å². The lowest BCUT2D eigenvalue weighted by Gasteiger charge is -2.39. The molecule has 0 saturated carbocycles. The fourth-order valence-corrected chi connectivity index (χ4v) is 3.15. The number of hydrogen-bond acceptors (Lipinski definition) is 6. The van der Waals surface area contributed by atoms with E-state index in [0.29, 0.717) is 19.4 Å². The number of hydrogen-bond donors (Lipinski definition) is 3. The number of rotatable bonds is 4. The van der Waals surface area contributed by atoms with Crippen LogP contribution >= 0.6 is 0 Å². The van der Waals surface area contributed by atoms with Crippen LogP contribution in [0, 0.1) is 0 Å². The van der Waals surface area contributed by atoms with Gasteiger partial charge in [0.1, 0.15) is 5.60 Å². The van der Waals surface area contributed by atoms with Crippen LogP contribution in [0.1, 0.15) is 46.5 Å². The summed E-state index contributed by atoms with van der Waals surface area (Å²) in [6.07, 6.45) is 1.63. The van der Waals surface area contributed by atoms with Gasteiger partial charge in [0.05, 0.1) is 18.2 Å². The Kier molecular flexibility index (Phi) is 5.49. The van der Waals surface area contributed by atoms with Gasteiger partial charge in [0.2, 0.25) is 11.8 Å². The third kappa shape index (κ3) is 4.24. The van der Waals surface area contributed by atoms with E-state index in [2.05, 4.69) is 10.6 Å². The Hall–Kier alpha value is -1.67. The first-order valence-electron chi connectivity index (χ1n) is 8.35. The molecule has 0 aliphatic carbocycles. The largest absolute Gasteiger partial charge is 0.444 e. The third-order valence-electron chi connectivity index (χ3n) is 4.42. The van der Waals surface area contributed by atoms with Crippen LogP contribution in [0.2, 0.25) is 0 Å². The minimum absolute atomic E-state index is 0.216. The second kappa shape index (κ2) is 7.06. The van der Waals surface area contributed by atoms with Crippen LogP contribution < -0.4 is 10.6 Å². The number of carbonyl (C=O) groups is 3. The molecule has 0 aromatic rings. The van der Waals surface area contributed by atoms with Crippen LogP contribution in [0.4, 0.5) is 4.79 Å². The van der Waals surface area contributed by atoms with Crippen molar-refractivity contribution in [3.8, 4) is 0 Å². The average molecular weight is 341 g/mol. The lowest BCUT2D eigenvalue weighted by molar-refractivity contribution is -0.134. The number of aliphatic hydroxyl groups is 1. The summed E-state index contributed by atoms with van der Waals surface area (Å²) < 4.78 is 5.43. The molecule has 0 spiro atoms. The molecule has 8 nitrogen and oxygen atoms in total. The van der Waals surface area contributed by atoms with Crippen molar-refractivity contribution in [2.45, 2.75) is 63.6 Å². The summed E-state index contributed by atoms with van der Waals surface area (Å²) >= 11 is 0. The smallest absolute Gasteiger partial charge is 0.410 e. The molecule has 0 aromatic heterocycles. The van der Waals surface area contributed by atoms with Crippen molar-refractivity contribution in [2.75, 3.05) is 19.7 Å². The number of amides is 3. The zero-order chi connectivity index (χ0) is 18.0. The standard InChI is InChI=1S/C16H27N3O5/c1-15(2,3)24-14(23)19-8-4-7-16(19,10-20)9-17-11-5-6-12(21)18-13(11)22/h11,17,20H,4-10H2,1-3H3,(H,18,21,22). The topological polar surface area (TPSA) is 108 Å². The minimum Gasteiger partial charge on any atom is -0.444 e. The molecule has 2 saturated heterocycles. The molecule has 2 aliphatic rings. The molecular weight excluding hydrogens is 314 g/mol. The zero-order valence-corrected chi connectivity index (χ0v) is 14.6. The molecule has 2 unspecified atom stereocenters. The number of nitrogens with zero attached hydrogens (tertiary/aromatic N) is 1. The molecule has 2 aliphatic heterocycles. The molecule has 2 heterocycles. The van der Waals surface area contributed by atoms with Gasteiger partial charge in [-0.2, -0.15) is 0 Å². The fraction of sp³-hybridized carbons (Fsp3) is 0.812. The molecule has 0 aromatic carbocycles. The van der Waals surface area contributed by atoms with Crippen molar-refractivity contribution in [1.82, 2.24) is 15.5 Å². The van der Waals surface area contributed by atoms with Crippen molar-refractivity contribution in [3.05, 3.63) is 0 Å². The van der Waals surface area contributed by atoms with Crippen LogP contribution in [0.15, 0.2) is 0 Å². The molecule has 0 radical (unpaired) electrons. The highest BCUT2D eigenvalue weighted by molar-refractivity contribution is 6.00. The van der Waals surface area contributed by atoms with E-state index in [4.69, 9.17) is 4.74 Å². The van der Waals surface area contributed by atoms with Gasteiger partial charge in [-0.15, -0.1) is 0 Å². The predicted molar refractivity (Wildman–Crippen MR) is 86.2 cm³/mol. The molecule has 8 heteroatoms. The molecule has 0 bridgehead atoms. The zero-order valence-electron chi connectivity index (χ0n) is 14.6. The van der Waals surface area contributed by atoms with E-state index >= 15 is 0 Å². The van der Waals surface area contributed by atoms with Gasteiger partial charge in [0, 0.05) is 19.5 Å². The van der Waals surface area contributed by atoms with Gasteiger partial charge >= 0.3 is 6.09 Å². The Morgan fingerprint density at radius 1 is 1.46 bits per heavy atom. The van der Waals surface area contributed by atoms with Crippen molar-refractivity contribution < 1.29 is 24.2 Å². The lowest BCUT2D eigenvalue weighted by Crippen LogP contribution is -2.60. The molecular formula is C16H27N3O5. The molecule has 2 fully saturated rings. The summed E-state index contributed by atoms with van der Waals surface area (Å²) in [5.41, 5.74) is -1.40. The van der Waals surface area contributed by atoms with Crippen molar-refractivity contribution >= 4 is 17.9 Å². The first kappa shape index (κ1) is 18.7. The summed E-state index contributed by atoms with van der Waals surface area (Å²) in [5, 5.41) is 15.3. The SMILES string of the molecule is CC(C)(C)OC(=O)N1CCCC1(CO)CNC1CCC(=O)NC1=O. The van der Waals surface area contributed by atoms with Crippen molar-refractivity contribution in [1.29, 1.82) is 0 Å². The number of likely N-dealkylation sites (tertiary alicyclic amines) is 1. The second-order valence-corrected chi connectivity index (χ2v) is 7.50. The van der Waals surface area contributed by atoms with Gasteiger partial charge in [-0.25, -0.2) is 4.79 Å². The lowest BCUT2D eigenvalue weighted by atomic mass is 9.96. The number of ether oxygens (including phenoxy) is 1. The Bertz CT molecular complexity index is 516. The van der Waals surface area contributed by atoms with E-state index in [0.717, 1.165) is 6.42 Å². The van der Waals surface area contributed by atoms with E-state index in [1.54, 1.807) is 25.7 Å². The summed E-state index contributed by atoms with van der Waals surface area (Å²) in [6.45, 7) is 5.95. The molecule has 24 heavy (non-hydrogen) atoms. The van der Waals surface area contributed by atoms with E-state index in [-0.39, 0.29) is 31.4 Å². The van der Waals surface area contributed by atoms with Crippen LogP contribution in [0.3, 0.4) is 0 Å². The van der Waals surface area contributed by atoms with Crippen LogP contribution in [0.5, 0.6) is 0 Å². The average Bonchev–Trinajstić information content (AvgIpc) is 2.89.